The van der Waals surface area contributed by atoms with Crippen LogP contribution in [-0.4, -0.2) is 17.0 Å². The second-order valence-electron chi connectivity index (χ2n) is 6.21. The molecule has 132 valence electrons. The molecule has 1 aliphatic rings. The van der Waals surface area contributed by atoms with Crippen LogP contribution in [0.2, 0.25) is 0 Å². The number of halogens is 1. The number of aromatic nitrogens is 1. The molecule has 0 aliphatic carbocycles. The van der Waals surface area contributed by atoms with Crippen LogP contribution in [0.15, 0.2) is 47.8 Å². The van der Waals surface area contributed by atoms with Crippen LogP contribution in [0.25, 0.3) is 11.3 Å². The lowest BCUT2D eigenvalue weighted by molar-refractivity contribution is -0.125. The molecule has 1 unspecified atom stereocenters. The van der Waals surface area contributed by atoms with Gasteiger partial charge in [-0.05, 0) is 38.1 Å². The average Bonchev–Trinajstić information content (AvgIpc) is 3.06. The monoisotopic (exact) mass is 368 g/mol. The fraction of sp³-hybridized carbons (Fsp3) is 0.200. The Morgan fingerprint density at radius 2 is 2.08 bits per heavy atom. The molecule has 0 saturated carbocycles. The van der Waals surface area contributed by atoms with E-state index in [0.717, 1.165) is 16.3 Å². The highest BCUT2D eigenvalue weighted by molar-refractivity contribution is 7.09. The predicted octanol–water partition coefficient (Wildman–Crippen LogP) is 4.57. The lowest BCUT2D eigenvalue weighted by Gasteiger charge is -2.33. The molecular formula is C20H17FN2O2S. The Morgan fingerprint density at radius 3 is 2.81 bits per heavy atom. The Labute approximate surface area is 154 Å². The van der Waals surface area contributed by atoms with Crippen molar-refractivity contribution in [2.24, 2.45) is 0 Å². The average molecular weight is 368 g/mol. The zero-order chi connectivity index (χ0) is 18.3. The molecule has 26 heavy (non-hydrogen) atoms. The van der Waals surface area contributed by atoms with E-state index in [4.69, 9.17) is 4.74 Å². The quantitative estimate of drug-likeness (QED) is 0.680. The van der Waals surface area contributed by atoms with Crippen LogP contribution in [0.5, 0.6) is 5.75 Å². The largest absolute Gasteiger partial charge is 0.479 e. The first-order chi connectivity index (χ1) is 12.5. The van der Waals surface area contributed by atoms with E-state index in [-0.39, 0.29) is 18.3 Å². The van der Waals surface area contributed by atoms with Crippen molar-refractivity contribution < 1.29 is 13.9 Å². The number of aryl methyl sites for hydroxylation is 1. The molecule has 2 aromatic carbocycles. The summed E-state index contributed by atoms with van der Waals surface area (Å²) in [6, 6.07) is 12.2. The number of fused-ring (bicyclic) bond motifs is 1. The van der Waals surface area contributed by atoms with Gasteiger partial charge >= 0.3 is 0 Å². The number of benzene rings is 2. The van der Waals surface area contributed by atoms with Gasteiger partial charge < -0.3 is 9.64 Å². The minimum atomic E-state index is -0.610. The maximum absolute atomic E-state index is 14.1. The van der Waals surface area contributed by atoms with E-state index >= 15 is 0 Å². The smallest absolute Gasteiger partial charge is 0.268 e. The summed E-state index contributed by atoms with van der Waals surface area (Å²) in [7, 11) is 0. The highest BCUT2D eigenvalue weighted by Crippen LogP contribution is 2.38. The fourth-order valence-electron chi connectivity index (χ4n) is 3.02. The number of amides is 1. The highest BCUT2D eigenvalue weighted by Gasteiger charge is 2.32. The molecule has 1 aromatic heterocycles. The van der Waals surface area contributed by atoms with Gasteiger partial charge in [-0.15, -0.1) is 11.3 Å². The van der Waals surface area contributed by atoms with Crippen molar-refractivity contribution in [1.82, 2.24) is 4.98 Å². The summed E-state index contributed by atoms with van der Waals surface area (Å²) in [4.78, 5) is 18.8. The third-order valence-electron chi connectivity index (χ3n) is 4.37. The molecule has 0 radical (unpaired) electrons. The number of rotatable bonds is 3. The number of nitrogens with zero attached hydrogens (tertiary/aromatic N) is 2. The molecule has 2 heterocycles. The Bertz CT molecular complexity index is 985. The van der Waals surface area contributed by atoms with E-state index in [1.807, 2.05) is 30.5 Å². The molecule has 0 fully saturated rings. The third kappa shape index (κ3) is 2.97. The maximum atomic E-state index is 14.1. The summed E-state index contributed by atoms with van der Waals surface area (Å²) in [5.74, 6) is 0.101. The maximum Gasteiger partial charge on any atom is 0.268 e. The minimum absolute atomic E-state index is 0.158. The summed E-state index contributed by atoms with van der Waals surface area (Å²) >= 11 is 1.57. The Hall–Kier alpha value is -2.73. The van der Waals surface area contributed by atoms with Gasteiger partial charge in [0.15, 0.2) is 6.10 Å². The molecule has 1 amide bonds. The SMILES string of the molecule is Cc1nc(-c2ccc3c(c2)N(Cc2ccccc2F)C(=O)C(C)O3)cs1. The standard InChI is InChI=1S/C20H17FN2O2S/c1-12-20(24)23(10-15-5-3-4-6-16(15)21)18-9-14(7-8-19(18)25-12)17-11-26-13(2)22-17/h3-9,11-12H,10H2,1-2H3. The molecule has 0 N–H and O–H groups in total. The van der Waals surface area contributed by atoms with Crippen molar-refractivity contribution in [3.05, 3.63) is 64.2 Å². The molecule has 6 heteroatoms. The Balaban J connectivity index is 1.77. The van der Waals surface area contributed by atoms with E-state index < -0.39 is 6.10 Å². The second kappa shape index (κ2) is 6.53. The van der Waals surface area contributed by atoms with E-state index in [9.17, 15) is 9.18 Å². The summed E-state index contributed by atoms with van der Waals surface area (Å²) in [5, 5.41) is 2.95. The third-order valence-corrected chi connectivity index (χ3v) is 5.14. The molecule has 0 spiro atoms. The highest BCUT2D eigenvalue weighted by atomic mass is 32.1. The van der Waals surface area contributed by atoms with E-state index in [1.54, 1.807) is 41.4 Å². The molecule has 4 rings (SSSR count). The predicted molar refractivity (Wildman–Crippen MR) is 100.0 cm³/mol. The Kier molecular flexibility index (Phi) is 4.20. The summed E-state index contributed by atoms with van der Waals surface area (Å²) < 4.78 is 19.8. The lowest BCUT2D eigenvalue weighted by Crippen LogP contribution is -2.44. The van der Waals surface area contributed by atoms with Crippen LogP contribution < -0.4 is 9.64 Å². The van der Waals surface area contributed by atoms with Gasteiger partial charge in [-0.1, -0.05) is 18.2 Å². The molecule has 4 nitrogen and oxygen atoms in total. The van der Waals surface area contributed by atoms with Crippen molar-refractivity contribution in [3.8, 4) is 17.0 Å². The topological polar surface area (TPSA) is 42.4 Å². The first kappa shape index (κ1) is 16.7. The number of hydrogen-bond acceptors (Lipinski definition) is 4. The molecule has 0 saturated heterocycles. The zero-order valence-electron chi connectivity index (χ0n) is 14.4. The summed E-state index contributed by atoms with van der Waals surface area (Å²) in [5.41, 5.74) is 2.86. The van der Waals surface area contributed by atoms with Gasteiger partial charge in [-0.25, -0.2) is 9.37 Å². The number of thiazole rings is 1. The van der Waals surface area contributed by atoms with Crippen LogP contribution in [0.4, 0.5) is 10.1 Å². The van der Waals surface area contributed by atoms with Gasteiger partial charge in [0.05, 0.1) is 22.9 Å². The molecule has 0 bridgehead atoms. The van der Waals surface area contributed by atoms with Gasteiger partial charge in [0.1, 0.15) is 11.6 Å². The number of carbonyl (C=O) groups is 1. The second-order valence-corrected chi connectivity index (χ2v) is 7.27. The van der Waals surface area contributed by atoms with Crippen LogP contribution in [0.1, 0.15) is 17.5 Å². The number of ether oxygens (including phenoxy) is 1. The van der Waals surface area contributed by atoms with Gasteiger partial charge in [-0.3, -0.25) is 4.79 Å². The van der Waals surface area contributed by atoms with E-state index in [1.165, 1.54) is 6.07 Å². The normalized spacial score (nSPS) is 16.3. The van der Waals surface area contributed by atoms with Crippen molar-refractivity contribution in [3.63, 3.8) is 0 Å². The van der Waals surface area contributed by atoms with E-state index in [2.05, 4.69) is 4.98 Å². The van der Waals surface area contributed by atoms with Crippen LogP contribution in [-0.2, 0) is 11.3 Å². The minimum Gasteiger partial charge on any atom is -0.479 e. The summed E-state index contributed by atoms with van der Waals surface area (Å²) in [6.07, 6.45) is -0.610. The molecule has 1 aliphatic heterocycles. The number of hydrogen-bond donors (Lipinski definition) is 0. The van der Waals surface area contributed by atoms with Crippen molar-refractivity contribution in [2.75, 3.05) is 4.90 Å². The number of carbonyl (C=O) groups excluding carboxylic acids is 1. The summed E-state index contributed by atoms with van der Waals surface area (Å²) in [6.45, 7) is 3.81. The van der Waals surface area contributed by atoms with Gasteiger partial charge in [0.25, 0.3) is 5.91 Å². The van der Waals surface area contributed by atoms with Crippen molar-refractivity contribution in [2.45, 2.75) is 26.5 Å². The van der Waals surface area contributed by atoms with Gasteiger partial charge in [0, 0.05) is 16.5 Å². The zero-order valence-corrected chi connectivity index (χ0v) is 15.2. The van der Waals surface area contributed by atoms with Gasteiger partial charge in [0.2, 0.25) is 0 Å². The van der Waals surface area contributed by atoms with Crippen molar-refractivity contribution >= 4 is 22.9 Å². The van der Waals surface area contributed by atoms with Crippen molar-refractivity contribution in [1.29, 1.82) is 0 Å². The van der Waals surface area contributed by atoms with Crippen LogP contribution in [0, 0.1) is 12.7 Å². The van der Waals surface area contributed by atoms with E-state index in [0.29, 0.717) is 17.0 Å². The molecule has 1 atom stereocenters. The molecule has 3 aromatic rings. The molecular weight excluding hydrogens is 351 g/mol. The van der Waals surface area contributed by atoms with Gasteiger partial charge in [-0.2, -0.15) is 0 Å². The Morgan fingerprint density at radius 1 is 1.27 bits per heavy atom. The lowest BCUT2D eigenvalue weighted by atomic mass is 10.1. The first-order valence-corrected chi connectivity index (χ1v) is 9.19. The fourth-order valence-corrected chi connectivity index (χ4v) is 3.64. The van der Waals surface area contributed by atoms with Crippen LogP contribution in [0.3, 0.4) is 0 Å². The number of anilines is 1. The van der Waals surface area contributed by atoms with Crippen LogP contribution >= 0.6 is 11.3 Å². The first-order valence-electron chi connectivity index (χ1n) is 8.31.